The molecule has 2 aromatic heterocycles. The number of nitrogens with zero attached hydrogens (tertiary/aromatic N) is 7. The molecule has 2 fully saturated rings. The highest BCUT2D eigenvalue weighted by molar-refractivity contribution is 7.99. The Labute approximate surface area is 245 Å². The standard InChI is InChI=1S/C31H35N7O2S/c1-3-27(39)38-15-14-37(19-23(38)11-12-32)30-28-26(34-31(35-30)40-20-24-9-5-13-36(24)2)17-22(18-33-28)25-10-4-7-21-8-6-16-41-29(21)25/h3-4,7,10,17-18,23-24H,1,5-6,8-9,11,13-16,19-20H2,2H3/t23-,24-/m0/s1. The van der Waals surface area contributed by atoms with Crippen molar-refractivity contribution in [1.29, 1.82) is 5.26 Å². The number of piperazine rings is 1. The number of nitriles is 1. The van der Waals surface area contributed by atoms with Crippen molar-refractivity contribution in [3.63, 3.8) is 0 Å². The molecule has 0 unspecified atom stereocenters. The van der Waals surface area contributed by atoms with E-state index in [2.05, 4.69) is 53.8 Å². The van der Waals surface area contributed by atoms with Gasteiger partial charge in [-0.25, -0.2) is 0 Å². The summed E-state index contributed by atoms with van der Waals surface area (Å²) in [6, 6.07) is 11.2. The third-order valence-electron chi connectivity index (χ3n) is 8.38. The van der Waals surface area contributed by atoms with E-state index in [9.17, 15) is 10.1 Å². The molecule has 1 amide bonds. The Kier molecular flexibility index (Phi) is 8.08. The Morgan fingerprint density at radius 2 is 2.15 bits per heavy atom. The number of hydrogen-bond acceptors (Lipinski definition) is 9. The molecule has 3 aliphatic heterocycles. The topological polar surface area (TPSA) is 98.5 Å². The van der Waals surface area contributed by atoms with Crippen LogP contribution in [0.1, 0.15) is 31.2 Å². The van der Waals surface area contributed by atoms with Crippen LogP contribution in [0, 0.1) is 11.3 Å². The number of amides is 1. The van der Waals surface area contributed by atoms with E-state index in [1.54, 1.807) is 4.90 Å². The number of anilines is 1. The molecule has 3 aliphatic rings. The molecule has 10 heteroatoms. The van der Waals surface area contributed by atoms with E-state index in [0.29, 0.717) is 49.6 Å². The maximum atomic E-state index is 12.5. The summed E-state index contributed by atoms with van der Waals surface area (Å²) in [5.74, 6) is 1.64. The first kappa shape index (κ1) is 27.5. The van der Waals surface area contributed by atoms with Crippen molar-refractivity contribution >= 4 is 34.5 Å². The van der Waals surface area contributed by atoms with Gasteiger partial charge in [-0.05, 0) is 68.3 Å². The number of rotatable bonds is 7. The Balaban J connectivity index is 1.38. The highest BCUT2D eigenvalue weighted by Gasteiger charge is 2.32. The number of aromatic nitrogens is 3. The molecule has 0 saturated carbocycles. The molecule has 9 nitrogen and oxygen atoms in total. The van der Waals surface area contributed by atoms with Gasteiger partial charge in [-0.2, -0.15) is 15.2 Å². The van der Waals surface area contributed by atoms with Crippen molar-refractivity contribution in [3.05, 3.63) is 48.7 Å². The minimum absolute atomic E-state index is 0.158. The molecule has 0 spiro atoms. The number of benzene rings is 1. The summed E-state index contributed by atoms with van der Waals surface area (Å²) in [6.07, 6.45) is 8.01. The summed E-state index contributed by atoms with van der Waals surface area (Å²) < 4.78 is 6.23. The lowest BCUT2D eigenvalue weighted by Gasteiger charge is -2.40. The van der Waals surface area contributed by atoms with Crippen LogP contribution in [0.15, 0.2) is 48.0 Å². The predicted molar refractivity (Wildman–Crippen MR) is 161 cm³/mol. The van der Waals surface area contributed by atoms with Gasteiger partial charge in [0.25, 0.3) is 0 Å². The van der Waals surface area contributed by atoms with Crippen LogP contribution < -0.4 is 9.64 Å². The molecule has 1 aromatic carbocycles. The first-order valence-corrected chi connectivity index (χ1v) is 15.3. The molecule has 212 valence electrons. The molecule has 0 radical (unpaired) electrons. The van der Waals surface area contributed by atoms with Gasteiger partial charge in [0, 0.05) is 42.3 Å². The zero-order valence-electron chi connectivity index (χ0n) is 23.5. The average Bonchev–Trinajstić information content (AvgIpc) is 3.43. The number of thioether (sulfide) groups is 1. The van der Waals surface area contributed by atoms with Gasteiger partial charge in [0.05, 0.1) is 24.0 Å². The third-order valence-corrected chi connectivity index (χ3v) is 9.65. The van der Waals surface area contributed by atoms with Crippen LogP contribution in [0.5, 0.6) is 6.01 Å². The van der Waals surface area contributed by atoms with Crippen molar-refractivity contribution in [3.8, 4) is 23.2 Å². The van der Waals surface area contributed by atoms with Gasteiger partial charge in [0.1, 0.15) is 12.1 Å². The van der Waals surface area contributed by atoms with E-state index in [0.717, 1.165) is 42.6 Å². The van der Waals surface area contributed by atoms with E-state index in [4.69, 9.17) is 19.7 Å². The summed E-state index contributed by atoms with van der Waals surface area (Å²) >= 11 is 1.91. The second-order valence-corrected chi connectivity index (χ2v) is 12.1. The smallest absolute Gasteiger partial charge is 0.319 e. The van der Waals surface area contributed by atoms with Gasteiger partial charge >= 0.3 is 6.01 Å². The van der Waals surface area contributed by atoms with Crippen molar-refractivity contribution < 1.29 is 9.53 Å². The van der Waals surface area contributed by atoms with Gasteiger partial charge in [0.2, 0.25) is 5.91 Å². The fourth-order valence-electron chi connectivity index (χ4n) is 6.13. The normalized spacial score (nSPS) is 21.0. The van der Waals surface area contributed by atoms with Gasteiger partial charge < -0.3 is 19.4 Å². The SMILES string of the molecule is C=CC(=O)N1CCN(c2nc(OC[C@@H]3CCCN3C)nc3cc(-c4cccc5c4SCCC5)cnc23)C[C@@H]1CC#N. The summed E-state index contributed by atoms with van der Waals surface area (Å²) in [5.41, 5.74) is 5.02. The molecule has 6 rings (SSSR count). The number of pyridine rings is 1. The van der Waals surface area contributed by atoms with E-state index >= 15 is 0 Å². The first-order valence-electron chi connectivity index (χ1n) is 14.4. The second kappa shape index (κ2) is 12.0. The zero-order chi connectivity index (χ0) is 28.3. The largest absolute Gasteiger partial charge is 0.462 e. The molecule has 2 atom stereocenters. The first-order chi connectivity index (χ1) is 20.1. The van der Waals surface area contributed by atoms with Crippen molar-refractivity contribution in [2.24, 2.45) is 0 Å². The van der Waals surface area contributed by atoms with Gasteiger partial charge in [0.15, 0.2) is 5.82 Å². The molecule has 0 N–H and O–H groups in total. The average molecular weight is 570 g/mol. The fraction of sp³-hybridized carbons (Fsp3) is 0.452. The molecule has 0 aliphatic carbocycles. The number of hydrogen-bond donors (Lipinski definition) is 0. The van der Waals surface area contributed by atoms with Crippen LogP contribution in [0.2, 0.25) is 0 Å². The Bertz CT molecular complexity index is 1510. The molecule has 2 saturated heterocycles. The number of likely N-dealkylation sites (N-methyl/N-ethyl adjacent to an activating group) is 1. The van der Waals surface area contributed by atoms with Crippen LogP contribution >= 0.6 is 11.8 Å². The van der Waals surface area contributed by atoms with Crippen molar-refractivity contribution in [2.45, 2.75) is 49.1 Å². The number of ether oxygens (including phenoxy) is 1. The Morgan fingerprint density at radius 1 is 1.24 bits per heavy atom. The summed E-state index contributed by atoms with van der Waals surface area (Å²) in [5, 5.41) is 9.49. The highest BCUT2D eigenvalue weighted by Crippen LogP contribution is 2.39. The van der Waals surface area contributed by atoms with Crippen LogP contribution in [0.25, 0.3) is 22.2 Å². The molecule has 3 aromatic rings. The Hall–Kier alpha value is -3.68. The lowest BCUT2D eigenvalue weighted by molar-refractivity contribution is -0.128. The maximum Gasteiger partial charge on any atom is 0.319 e. The van der Waals surface area contributed by atoms with Crippen LogP contribution in [-0.2, 0) is 11.2 Å². The number of carbonyl (C=O) groups excluding carboxylic acids is 1. The van der Waals surface area contributed by atoms with Crippen LogP contribution in [0.4, 0.5) is 5.82 Å². The van der Waals surface area contributed by atoms with Gasteiger partial charge in [-0.15, -0.1) is 11.8 Å². The second-order valence-electron chi connectivity index (χ2n) is 11.0. The predicted octanol–water partition coefficient (Wildman–Crippen LogP) is 4.32. The van der Waals surface area contributed by atoms with Crippen LogP contribution in [-0.4, -0.2) is 88.3 Å². The number of likely N-dealkylation sites (tertiary alicyclic amines) is 1. The Morgan fingerprint density at radius 3 is 2.95 bits per heavy atom. The minimum Gasteiger partial charge on any atom is -0.462 e. The monoisotopic (exact) mass is 569 g/mol. The lowest BCUT2D eigenvalue weighted by Crippen LogP contribution is -2.55. The van der Waals surface area contributed by atoms with Crippen molar-refractivity contribution in [2.75, 3.05) is 50.5 Å². The summed E-state index contributed by atoms with van der Waals surface area (Å²) in [4.78, 5) is 34.6. The molecular weight excluding hydrogens is 534 g/mol. The molecular formula is C31H35N7O2S. The quantitative estimate of drug-likeness (QED) is 0.385. The summed E-state index contributed by atoms with van der Waals surface area (Å²) in [7, 11) is 2.13. The lowest BCUT2D eigenvalue weighted by atomic mass is 10.0. The fourth-order valence-corrected chi connectivity index (χ4v) is 7.32. The minimum atomic E-state index is -0.270. The van der Waals surface area contributed by atoms with E-state index in [-0.39, 0.29) is 18.4 Å². The zero-order valence-corrected chi connectivity index (χ0v) is 24.3. The van der Waals surface area contributed by atoms with E-state index in [1.165, 1.54) is 28.5 Å². The van der Waals surface area contributed by atoms with Gasteiger partial charge in [-0.1, -0.05) is 24.8 Å². The maximum absolute atomic E-state index is 12.5. The van der Waals surface area contributed by atoms with Crippen LogP contribution in [0.3, 0.4) is 0 Å². The number of carbonyl (C=O) groups is 1. The number of fused-ring (bicyclic) bond motifs is 2. The number of aryl methyl sites for hydroxylation is 1. The highest BCUT2D eigenvalue weighted by atomic mass is 32.2. The van der Waals surface area contributed by atoms with E-state index in [1.807, 2.05) is 18.0 Å². The molecule has 41 heavy (non-hydrogen) atoms. The molecule has 0 bridgehead atoms. The third kappa shape index (κ3) is 5.61. The van der Waals surface area contributed by atoms with Crippen molar-refractivity contribution in [1.82, 2.24) is 24.8 Å². The van der Waals surface area contributed by atoms with Gasteiger partial charge in [-0.3, -0.25) is 9.78 Å². The molecule has 5 heterocycles. The van der Waals surface area contributed by atoms with E-state index < -0.39 is 0 Å². The summed E-state index contributed by atoms with van der Waals surface area (Å²) in [6.45, 7) is 6.73.